The van der Waals surface area contributed by atoms with E-state index in [0.29, 0.717) is 6.61 Å². The molecule has 2 nitrogen and oxygen atoms in total. The van der Waals surface area contributed by atoms with E-state index in [1.807, 2.05) is 12.1 Å². The Morgan fingerprint density at radius 3 is 2.53 bits per heavy atom. The lowest BCUT2D eigenvalue weighted by atomic mass is 10.1. The molecule has 0 unspecified atom stereocenters. The number of hydrogen-bond donors (Lipinski definition) is 1. The van der Waals surface area contributed by atoms with Gasteiger partial charge in [-0.1, -0.05) is 34.1 Å². The van der Waals surface area contributed by atoms with E-state index >= 15 is 0 Å². The molecule has 1 aromatic carbocycles. The standard InChI is InChI=1S/C16H26BrNO/c1-16(2,3)18-11-7-4-8-12-19-13-14-9-5-6-10-15(14)17/h5-6,9-10,18H,4,7-8,11-13H2,1-3H3. The summed E-state index contributed by atoms with van der Waals surface area (Å²) in [5.74, 6) is 0. The molecule has 1 aromatic rings. The lowest BCUT2D eigenvalue weighted by Crippen LogP contribution is -2.36. The van der Waals surface area contributed by atoms with Gasteiger partial charge in [-0.25, -0.2) is 0 Å². The van der Waals surface area contributed by atoms with Gasteiger partial charge >= 0.3 is 0 Å². The third kappa shape index (κ3) is 8.40. The molecule has 19 heavy (non-hydrogen) atoms. The summed E-state index contributed by atoms with van der Waals surface area (Å²) in [5.41, 5.74) is 1.45. The van der Waals surface area contributed by atoms with Crippen molar-refractivity contribution in [1.82, 2.24) is 5.32 Å². The Morgan fingerprint density at radius 2 is 1.84 bits per heavy atom. The van der Waals surface area contributed by atoms with Gasteiger partial charge in [0.25, 0.3) is 0 Å². The number of rotatable bonds is 8. The number of hydrogen-bond acceptors (Lipinski definition) is 2. The fourth-order valence-corrected chi connectivity index (χ4v) is 2.17. The highest BCUT2D eigenvalue weighted by molar-refractivity contribution is 9.10. The summed E-state index contributed by atoms with van der Waals surface area (Å²) < 4.78 is 6.83. The van der Waals surface area contributed by atoms with E-state index in [-0.39, 0.29) is 5.54 Å². The van der Waals surface area contributed by atoms with Crippen LogP contribution in [0.2, 0.25) is 0 Å². The van der Waals surface area contributed by atoms with Crippen LogP contribution in [0.3, 0.4) is 0 Å². The Balaban J connectivity index is 1.99. The second-order valence-corrected chi connectivity index (χ2v) is 6.74. The van der Waals surface area contributed by atoms with E-state index in [4.69, 9.17) is 4.74 Å². The van der Waals surface area contributed by atoms with Gasteiger partial charge < -0.3 is 10.1 Å². The van der Waals surface area contributed by atoms with E-state index in [2.05, 4.69) is 54.2 Å². The van der Waals surface area contributed by atoms with E-state index in [1.165, 1.54) is 18.4 Å². The molecule has 0 fully saturated rings. The molecule has 1 N–H and O–H groups in total. The minimum atomic E-state index is 0.232. The van der Waals surface area contributed by atoms with Crippen LogP contribution in [0.4, 0.5) is 0 Å². The molecule has 108 valence electrons. The summed E-state index contributed by atoms with van der Waals surface area (Å²) in [4.78, 5) is 0. The maximum absolute atomic E-state index is 5.70. The van der Waals surface area contributed by atoms with Crippen molar-refractivity contribution in [2.24, 2.45) is 0 Å². The highest BCUT2D eigenvalue weighted by Gasteiger charge is 2.06. The number of nitrogens with one attached hydrogen (secondary N) is 1. The third-order valence-electron chi connectivity index (χ3n) is 2.84. The number of ether oxygens (including phenoxy) is 1. The van der Waals surface area contributed by atoms with E-state index in [9.17, 15) is 0 Å². The smallest absolute Gasteiger partial charge is 0.0727 e. The molecule has 3 heteroatoms. The van der Waals surface area contributed by atoms with E-state index in [1.54, 1.807) is 0 Å². The molecule has 0 aliphatic carbocycles. The Bertz CT molecular complexity index is 360. The van der Waals surface area contributed by atoms with Gasteiger partial charge in [0.15, 0.2) is 0 Å². The average molecular weight is 328 g/mol. The summed E-state index contributed by atoms with van der Waals surface area (Å²) >= 11 is 3.53. The van der Waals surface area contributed by atoms with Gasteiger partial charge in [-0.05, 0) is 58.2 Å². The molecule has 0 atom stereocenters. The maximum atomic E-state index is 5.70. The van der Waals surface area contributed by atoms with Gasteiger partial charge in [-0.3, -0.25) is 0 Å². The van der Waals surface area contributed by atoms with Gasteiger partial charge in [0.2, 0.25) is 0 Å². The summed E-state index contributed by atoms with van der Waals surface area (Å²) in [6.07, 6.45) is 3.57. The molecule has 1 rings (SSSR count). The Hall–Kier alpha value is -0.380. The van der Waals surface area contributed by atoms with Crippen LogP contribution in [0.5, 0.6) is 0 Å². The van der Waals surface area contributed by atoms with Crippen LogP contribution in [-0.2, 0) is 11.3 Å². The van der Waals surface area contributed by atoms with Gasteiger partial charge in [-0.15, -0.1) is 0 Å². The van der Waals surface area contributed by atoms with Gasteiger partial charge in [-0.2, -0.15) is 0 Å². The number of benzene rings is 1. The first-order valence-corrected chi connectivity index (χ1v) is 7.84. The van der Waals surface area contributed by atoms with Crippen LogP contribution >= 0.6 is 15.9 Å². The summed E-state index contributed by atoms with van der Waals surface area (Å²) in [5, 5.41) is 3.50. The van der Waals surface area contributed by atoms with Crippen molar-refractivity contribution in [2.45, 2.75) is 52.2 Å². The largest absolute Gasteiger partial charge is 0.377 e. The van der Waals surface area contributed by atoms with Gasteiger partial charge in [0, 0.05) is 16.6 Å². The number of halogens is 1. The normalized spacial score (nSPS) is 11.8. The Kier molecular flexibility index (Phi) is 7.66. The van der Waals surface area contributed by atoms with Gasteiger partial charge in [0.1, 0.15) is 0 Å². The average Bonchev–Trinajstić information content (AvgIpc) is 2.33. The molecular weight excluding hydrogens is 302 g/mol. The lowest BCUT2D eigenvalue weighted by Gasteiger charge is -2.20. The van der Waals surface area contributed by atoms with Crippen molar-refractivity contribution in [1.29, 1.82) is 0 Å². The quantitative estimate of drug-likeness (QED) is 0.708. The summed E-state index contributed by atoms with van der Waals surface area (Å²) in [6.45, 7) is 9.24. The predicted octanol–water partition coefficient (Wildman–Crippen LogP) is 4.52. The Morgan fingerprint density at radius 1 is 1.11 bits per heavy atom. The highest BCUT2D eigenvalue weighted by atomic mass is 79.9. The molecule has 0 aliphatic rings. The van der Waals surface area contributed by atoms with Crippen molar-refractivity contribution in [2.75, 3.05) is 13.2 Å². The molecule has 0 saturated carbocycles. The fraction of sp³-hybridized carbons (Fsp3) is 0.625. The van der Waals surface area contributed by atoms with Crippen molar-refractivity contribution in [3.05, 3.63) is 34.3 Å². The van der Waals surface area contributed by atoms with E-state index < -0.39 is 0 Å². The number of unbranched alkanes of at least 4 members (excludes halogenated alkanes) is 2. The molecule has 0 heterocycles. The minimum absolute atomic E-state index is 0.232. The summed E-state index contributed by atoms with van der Waals surface area (Å²) in [7, 11) is 0. The lowest BCUT2D eigenvalue weighted by molar-refractivity contribution is 0.116. The molecule has 0 spiro atoms. The van der Waals surface area contributed by atoms with Crippen molar-refractivity contribution in [3.8, 4) is 0 Å². The first kappa shape index (κ1) is 16.7. The first-order valence-electron chi connectivity index (χ1n) is 7.05. The molecule has 0 bridgehead atoms. The van der Waals surface area contributed by atoms with Crippen LogP contribution in [0.15, 0.2) is 28.7 Å². The zero-order chi connectivity index (χ0) is 14.1. The van der Waals surface area contributed by atoms with Crippen molar-refractivity contribution >= 4 is 15.9 Å². The zero-order valence-electron chi connectivity index (χ0n) is 12.3. The SMILES string of the molecule is CC(C)(C)NCCCCCOCc1ccccc1Br. The fourth-order valence-electron chi connectivity index (χ4n) is 1.77. The highest BCUT2D eigenvalue weighted by Crippen LogP contribution is 2.16. The van der Waals surface area contributed by atoms with Crippen molar-refractivity contribution in [3.63, 3.8) is 0 Å². The minimum Gasteiger partial charge on any atom is -0.377 e. The van der Waals surface area contributed by atoms with Gasteiger partial charge in [0.05, 0.1) is 6.61 Å². The van der Waals surface area contributed by atoms with Crippen LogP contribution in [0.25, 0.3) is 0 Å². The molecule has 0 saturated heterocycles. The Labute approximate surface area is 126 Å². The molecule has 0 aliphatic heterocycles. The first-order chi connectivity index (χ1) is 8.99. The third-order valence-corrected chi connectivity index (χ3v) is 3.61. The second-order valence-electron chi connectivity index (χ2n) is 5.88. The monoisotopic (exact) mass is 327 g/mol. The molecular formula is C16H26BrNO. The van der Waals surface area contributed by atoms with Crippen LogP contribution in [-0.4, -0.2) is 18.7 Å². The summed E-state index contributed by atoms with van der Waals surface area (Å²) in [6, 6.07) is 8.21. The van der Waals surface area contributed by atoms with Crippen LogP contribution in [0, 0.1) is 0 Å². The zero-order valence-corrected chi connectivity index (χ0v) is 13.9. The predicted molar refractivity (Wildman–Crippen MR) is 85.4 cm³/mol. The molecule has 0 amide bonds. The molecule has 0 radical (unpaired) electrons. The second kappa shape index (κ2) is 8.72. The van der Waals surface area contributed by atoms with Crippen LogP contribution < -0.4 is 5.32 Å². The van der Waals surface area contributed by atoms with Crippen LogP contribution in [0.1, 0.15) is 45.6 Å². The maximum Gasteiger partial charge on any atom is 0.0727 e. The topological polar surface area (TPSA) is 21.3 Å². The van der Waals surface area contributed by atoms with E-state index in [0.717, 1.165) is 24.0 Å². The van der Waals surface area contributed by atoms with Crippen molar-refractivity contribution < 1.29 is 4.74 Å². The molecule has 0 aromatic heterocycles.